The van der Waals surface area contributed by atoms with Crippen LogP contribution < -0.4 is 20.2 Å². The zero-order valence-electron chi connectivity index (χ0n) is 20.7. The number of thiophene rings is 1. The van der Waals surface area contributed by atoms with E-state index in [1.165, 1.54) is 41.8 Å². The molecule has 200 valence electrons. The standard InChI is InChI=1S/C27H22Cl2N4O5S/c1-2-37-22-11-15(7-10-21(22)38-27(36)18-9-8-16(28)12-20(18)29)14-31-33-25(35)24(34)32-26-19(13-30)17-5-3-4-6-23(17)39-26/h7-12,14H,2-6H2,1H3,(H,32,34)(H,33,35). The van der Waals surface area contributed by atoms with Crippen molar-refractivity contribution in [2.45, 2.75) is 32.6 Å². The van der Waals surface area contributed by atoms with Crippen molar-refractivity contribution in [2.75, 3.05) is 11.9 Å². The SMILES string of the molecule is CCOc1cc(C=NNC(=O)C(=O)Nc2sc3c(c2C#N)CCCC3)ccc1OC(=O)c1ccc(Cl)cc1Cl. The minimum atomic E-state index is -0.989. The second-order valence-corrected chi connectivity index (χ2v) is 10.3. The number of aryl methyl sites for hydroxylation is 1. The molecule has 0 spiro atoms. The molecular weight excluding hydrogens is 563 g/mol. The van der Waals surface area contributed by atoms with Gasteiger partial charge in [-0.3, -0.25) is 9.59 Å². The molecule has 0 atom stereocenters. The van der Waals surface area contributed by atoms with Gasteiger partial charge in [0.15, 0.2) is 11.5 Å². The number of rotatable bonds is 7. The van der Waals surface area contributed by atoms with E-state index in [0.717, 1.165) is 36.1 Å². The van der Waals surface area contributed by atoms with Gasteiger partial charge in [-0.1, -0.05) is 23.2 Å². The van der Waals surface area contributed by atoms with Crippen LogP contribution in [0.3, 0.4) is 0 Å². The van der Waals surface area contributed by atoms with Gasteiger partial charge in [0.25, 0.3) is 0 Å². The summed E-state index contributed by atoms with van der Waals surface area (Å²) in [7, 11) is 0. The van der Waals surface area contributed by atoms with E-state index < -0.39 is 17.8 Å². The highest BCUT2D eigenvalue weighted by Crippen LogP contribution is 2.37. The lowest BCUT2D eigenvalue weighted by molar-refractivity contribution is -0.136. The smallest absolute Gasteiger partial charge is 0.345 e. The molecule has 0 radical (unpaired) electrons. The highest BCUT2D eigenvalue weighted by Gasteiger charge is 2.23. The highest BCUT2D eigenvalue weighted by atomic mass is 35.5. The molecule has 0 saturated heterocycles. The van der Waals surface area contributed by atoms with Crippen molar-refractivity contribution < 1.29 is 23.9 Å². The van der Waals surface area contributed by atoms with Crippen molar-refractivity contribution in [1.82, 2.24) is 5.43 Å². The van der Waals surface area contributed by atoms with E-state index in [2.05, 4.69) is 21.9 Å². The van der Waals surface area contributed by atoms with Crippen LogP contribution in [0.4, 0.5) is 5.00 Å². The van der Waals surface area contributed by atoms with Crippen molar-refractivity contribution in [1.29, 1.82) is 5.26 Å². The summed E-state index contributed by atoms with van der Waals surface area (Å²) in [6.07, 6.45) is 4.98. The normalized spacial score (nSPS) is 12.4. The molecule has 12 heteroatoms. The Kier molecular flexibility index (Phi) is 9.19. The summed E-state index contributed by atoms with van der Waals surface area (Å²) in [5.41, 5.74) is 4.18. The van der Waals surface area contributed by atoms with Gasteiger partial charge in [0.2, 0.25) is 0 Å². The highest BCUT2D eigenvalue weighted by molar-refractivity contribution is 7.16. The Morgan fingerprint density at radius 3 is 2.64 bits per heavy atom. The Labute approximate surface area is 238 Å². The van der Waals surface area contributed by atoms with E-state index in [9.17, 15) is 19.6 Å². The summed E-state index contributed by atoms with van der Waals surface area (Å²) < 4.78 is 11.0. The molecule has 1 heterocycles. The van der Waals surface area contributed by atoms with Crippen molar-refractivity contribution in [3.05, 3.63) is 73.6 Å². The van der Waals surface area contributed by atoms with E-state index >= 15 is 0 Å². The second-order valence-electron chi connectivity index (χ2n) is 8.33. The lowest BCUT2D eigenvalue weighted by atomic mass is 9.96. The number of amides is 2. The fourth-order valence-electron chi connectivity index (χ4n) is 3.92. The molecule has 1 aliphatic rings. The predicted molar refractivity (Wildman–Crippen MR) is 149 cm³/mol. The van der Waals surface area contributed by atoms with Crippen LogP contribution in [0.15, 0.2) is 41.5 Å². The Balaban J connectivity index is 1.40. The van der Waals surface area contributed by atoms with Gasteiger partial charge >= 0.3 is 17.8 Å². The number of hydrazone groups is 1. The summed E-state index contributed by atoms with van der Waals surface area (Å²) in [6.45, 7) is 2.06. The quantitative estimate of drug-likeness (QED) is 0.124. The first-order valence-electron chi connectivity index (χ1n) is 11.9. The summed E-state index contributed by atoms with van der Waals surface area (Å²) in [6, 6.07) is 11.2. The Morgan fingerprint density at radius 1 is 1.10 bits per heavy atom. The van der Waals surface area contributed by atoms with E-state index in [-0.39, 0.29) is 22.1 Å². The lowest BCUT2D eigenvalue weighted by Crippen LogP contribution is -2.32. The first-order valence-corrected chi connectivity index (χ1v) is 13.5. The molecule has 0 bridgehead atoms. The fourth-order valence-corrected chi connectivity index (χ4v) is 5.64. The van der Waals surface area contributed by atoms with E-state index in [0.29, 0.717) is 27.8 Å². The van der Waals surface area contributed by atoms with Crippen molar-refractivity contribution in [3.63, 3.8) is 0 Å². The van der Waals surface area contributed by atoms with Crippen LogP contribution in [0.1, 0.15) is 51.7 Å². The number of halogens is 2. The maximum Gasteiger partial charge on any atom is 0.345 e. The molecular formula is C27H22Cl2N4O5S. The number of nitriles is 1. The van der Waals surface area contributed by atoms with Gasteiger partial charge in [-0.2, -0.15) is 10.4 Å². The Hall–Kier alpha value is -3.91. The first-order chi connectivity index (χ1) is 18.8. The Morgan fingerprint density at radius 2 is 1.90 bits per heavy atom. The number of hydrogen-bond donors (Lipinski definition) is 2. The van der Waals surface area contributed by atoms with Gasteiger partial charge < -0.3 is 14.8 Å². The molecule has 4 rings (SSSR count). The number of nitrogens with one attached hydrogen (secondary N) is 2. The summed E-state index contributed by atoms with van der Waals surface area (Å²) in [4.78, 5) is 38.4. The molecule has 0 aliphatic heterocycles. The van der Waals surface area contributed by atoms with Crippen LogP contribution in [0, 0.1) is 11.3 Å². The number of anilines is 1. The molecule has 39 heavy (non-hydrogen) atoms. The van der Waals surface area contributed by atoms with E-state index in [1.807, 2.05) is 0 Å². The molecule has 2 aromatic carbocycles. The second kappa shape index (κ2) is 12.8. The van der Waals surface area contributed by atoms with Crippen LogP contribution in [0.5, 0.6) is 11.5 Å². The number of fused-ring (bicyclic) bond motifs is 1. The summed E-state index contributed by atoms with van der Waals surface area (Å²) in [5.74, 6) is -2.20. The van der Waals surface area contributed by atoms with Crippen LogP contribution >= 0.6 is 34.5 Å². The minimum absolute atomic E-state index is 0.139. The van der Waals surface area contributed by atoms with Gasteiger partial charge in [0.1, 0.15) is 11.1 Å². The third kappa shape index (κ3) is 6.75. The molecule has 1 aromatic heterocycles. The summed E-state index contributed by atoms with van der Waals surface area (Å²) >= 11 is 13.3. The summed E-state index contributed by atoms with van der Waals surface area (Å²) in [5, 5.41) is 16.8. The number of esters is 1. The zero-order chi connectivity index (χ0) is 27.9. The average molecular weight is 585 g/mol. The van der Waals surface area contributed by atoms with E-state index in [1.54, 1.807) is 19.1 Å². The van der Waals surface area contributed by atoms with Crippen LogP contribution in [0.2, 0.25) is 10.0 Å². The maximum absolute atomic E-state index is 12.6. The average Bonchev–Trinajstić information content (AvgIpc) is 3.26. The zero-order valence-corrected chi connectivity index (χ0v) is 23.0. The van der Waals surface area contributed by atoms with Crippen molar-refractivity contribution in [3.8, 4) is 17.6 Å². The monoisotopic (exact) mass is 584 g/mol. The molecule has 1 aliphatic carbocycles. The van der Waals surface area contributed by atoms with Crippen LogP contribution in [-0.4, -0.2) is 30.6 Å². The lowest BCUT2D eigenvalue weighted by Gasteiger charge is -2.12. The predicted octanol–water partition coefficient (Wildman–Crippen LogP) is 5.51. The number of ether oxygens (including phenoxy) is 2. The largest absolute Gasteiger partial charge is 0.490 e. The van der Waals surface area contributed by atoms with Gasteiger partial charge in [-0.25, -0.2) is 10.2 Å². The fraction of sp³-hybridized carbons (Fsp3) is 0.222. The first kappa shape index (κ1) is 28.1. The molecule has 0 saturated carbocycles. The van der Waals surface area contributed by atoms with Gasteiger partial charge in [-0.15, -0.1) is 11.3 Å². The topological polar surface area (TPSA) is 130 Å². The molecule has 0 fully saturated rings. The number of nitrogens with zero attached hydrogens (tertiary/aromatic N) is 2. The minimum Gasteiger partial charge on any atom is -0.490 e. The maximum atomic E-state index is 12.6. The third-order valence-corrected chi connectivity index (χ3v) is 7.47. The van der Waals surface area contributed by atoms with Gasteiger partial charge in [0.05, 0.1) is 29.0 Å². The number of benzene rings is 2. The van der Waals surface area contributed by atoms with E-state index in [4.69, 9.17) is 32.7 Å². The van der Waals surface area contributed by atoms with Crippen molar-refractivity contribution in [2.24, 2.45) is 5.10 Å². The number of carbonyl (C=O) groups is 3. The van der Waals surface area contributed by atoms with Gasteiger partial charge in [0, 0.05) is 9.90 Å². The van der Waals surface area contributed by atoms with Crippen molar-refractivity contribution >= 4 is 63.5 Å². The Bertz CT molecular complexity index is 1510. The van der Waals surface area contributed by atoms with Crippen LogP contribution in [-0.2, 0) is 22.4 Å². The number of carbonyl (C=O) groups excluding carboxylic acids is 3. The molecule has 9 nitrogen and oxygen atoms in total. The third-order valence-electron chi connectivity index (χ3n) is 5.72. The molecule has 3 aromatic rings. The van der Waals surface area contributed by atoms with Gasteiger partial charge in [-0.05, 0) is 80.1 Å². The molecule has 2 amide bonds. The molecule has 2 N–H and O–H groups in total. The number of hydrogen-bond acceptors (Lipinski definition) is 8. The molecule has 0 unspecified atom stereocenters. The van der Waals surface area contributed by atoms with Crippen LogP contribution in [0.25, 0.3) is 0 Å².